The van der Waals surface area contributed by atoms with Crippen LogP contribution in [-0.4, -0.2) is 36.4 Å². The molecule has 0 rings (SSSR count). The summed E-state index contributed by atoms with van der Waals surface area (Å²) in [5, 5.41) is 0. The molecule has 0 fully saturated rings. The first-order chi connectivity index (χ1) is 9.41. The van der Waals surface area contributed by atoms with Crippen molar-refractivity contribution in [2.24, 2.45) is 0 Å². The average molecular weight is 356 g/mol. The van der Waals surface area contributed by atoms with Gasteiger partial charge in [0.1, 0.15) is 0 Å². The molecule has 0 N–H and O–H groups in total. The maximum Gasteiger partial charge on any atom is 0.483 e. The number of alkyl halides is 11. The minimum absolute atomic E-state index is 0.187. The van der Waals surface area contributed by atoms with Crippen LogP contribution in [-0.2, 0) is 14.3 Å². The summed E-state index contributed by atoms with van der Waals surface area (Å²) in [6.07, 6.45) is -27.5. The number of carbonyl (C=O) groups excluding carboxylic acids is 1. The highest BCUT2D eigenvalue weighted by Gasteiger charge is 2.80. The van der Waals surface area contributed by atoms with Gasteiger partial charge in [-0.25, -0.2) is 9.53 Å². The molecule has 0 radical (unpaired) electrons. The Bertz CT molecular complexity index is 439. The SMILES string of the molecule is C=CC(=O)OC(F)(F)C(F)(F)C(F)(F)OC(F)(F)C(F)(F)F. The van der Waals surface area contributed by atoms with Crippen LogP contribution in [0.25, 0.3) is 0 Å². The van der Waals surface area contributed by atoms with Gasteiger partial charge in [0.25, 0.3) is 0 Å². The average Bonchev–Trinajstić information content (AvgIpc) is 2.24. The molecule has 0 saturated carbocycles. The van der Waals surface area contributed by atoms with Crippen molar-refractivity contribution in [3.05, 3.63) is 12.7 Å². The van der Waals surface area contributed by atoms with Crippen LogP contribution in [0.5, 0.6) is 0 Å². The molecular formula is C8H3F11O3. The van der Waals surface area contributed by atoms with E-state index in [2.05, 4.69) is 11.3 Å². The van der Waals surface area contributed by atoms with E-state index in [1.54, 1.807) is 0 Å². The molecule has 0 aliphatic rings. The summed E-state index contributed by atoms with van der Waals surface area (Å²) < 4.78 is 139. The molecule has 130 valence electrons. The van der Waals surface area contributed by atoms with E-state index in [0.29, 0.717) is 0 Å². The van der Waals surface area contributed by atoms with Crippen LogP contribution in [0.1, 0.15) is 0 Å². The zero-order chi connectivity index (χ0) is 18.2. The van der Waals surface area contributed by atoms with Crippen molar-refractivity contribution in [2.45, 2.75) is 30.4 Å². The monoisotopic (exact) mass is 356 g/mol. The third-order valence-corrected chi connectivity index (χ3v) is 1.71. The van der Waals surface area contributed by atoms with Crippen LogP contribution in [0.4, 0.5) is 48.3 Å². The van der Waals surface area contributed by atoms with Crippen molar-refractivity contribution in [1.82, 2.24) is 0 Å². The minimum Gasteiger partial charge on any atom is -0.393 e. The first kappa shape index (κ1) is 20.4. The quantitative estimate of drug-likeness (QED) is 0.414. The molecule has 3 nitrogen and oxygen atoms in total. The molecule has 14 heteroatoms. The number of esters is 1. The Morgan fingerprint density at radius 1 is 0.773 bits per heavy atom. The summed E-state index contributed by atoms with van der Waals surface area (Å²) in [5.74, 6) is -9.45. The molecule has 0 aliphatic heterocycles. The fraction of sp³-hybridized carbons (Fsp3) is 0.625. The van der Waals surface area contributed by atoms with Crippen molar-refractivity contribution in [3.63, 3.8) is 0 Å². The topological polar surface area (TPSA) is 35.5 Å². The lowest BCUT2D eigenvalue weighted by molar-refractivity contribution is -0.514. The van der Waals surface area contributed by atoms with Gasteiger partial charge >= 0.3 is 36.4 Å². The standard InChI is InChI=1S/C8H3F11O3/c1-2-3(20)21-6(14,15)4(9,10)7(16,17)22-8(18,19)5(11,12)13/h2H,1H2. The van der Waals surface area contributed by atoms with Gasteiger partial charge in [0.05, 0.1) is 0 Å². The summed E-state index contributed by atoms with van der Waals surface area (Å²) in [6.45, 7) is 2.44. The molecule has 0 aromatic carbocycles. The maximum atomic E-state index is 12.8. The molecule has 0 spiro atoms. The van der Waals surface area contributed by atoms with Crippen LogP contribution in [0.2, 0.25) is 0 Å². The normalized spacial score (nSPS) is 14.7. The summed E-state index contributed by atoms with van der Waals surface area (Å²) in [5.41, 5.74) is 0. The summed E-state index contributed by atoms with van der Waals surface area (Å²) >= 11 is 0. The summed E-state index contributed by atoms with van der Waals surface area (Å²) in [6, 6.07) is 0. The molecule has 0 aromatic rings. The highest BCUT2D eigenvalue weighted by atomic mass is 19.4. The van der Waals surface area contributed by atoms with E-state index in [0.717, 1.165) is 0 Å². The number of ether oxygens (including phenoxy) is 2. The predicted octanol–water partition coefficient (Wildman–Crippen LogP) is 3.71. The number of rotatable bonds is 6. The van der Waals surface area contributed by atoms with Gasteiger partial charge in [-0.05, 0) is 0 Å². The Morgan fingerprint density at radius 3 is 1.50 bits per heavy atom. The Morgan fingerprint density at radius 2 is 1.18 bits per heavy atom. The van der Waals surface area contributed by atoms with E-state index in [9.17, 15) is 53.1 Å². The van der Waals surface area contributed by atoms with Crippen molar-refractivity contribution < 1.29 is 62.6 Å². The van der Waals surface area contributed by atoms with E-state index >= 15 is 0 Å². The lowest BCUT2D eigenvalue weighted by atomic mass is 10.3. The zero-order valence-corrected chi connectivity index (χ0v) is 9.67. The molecule has 0 amide bonds. The van der Waals surface area contributed by atoms with Gasteiger partial charge in [-0.2, -0.15) is 48.3 Å². The Hall–Kier alpha value is -1.60. The second kappa shape index (κ2) is 5.55. The largest absolute Gasteiger partial charge is 0.483 e. The maximum absolute atomic E-state index is 12.8. The van der Waals surface area contributed by atoms with Gasteiger partial charge in [0.2, 0.25) is 0 Å². The minimum atomic E-state index is -7.06. The van der Waals surface area contributed by atoms with Crippen LogP contribution in [0.3, 0.4) is 0 Å². The second-order valence-electron chi connectivity index (χ2n) is 3.35. The smallest absolute Gasteiger partial charge is 0.393 e. The third kappa shape index (κ3) is 3.78. The van der Waals surface area contributed by atoms with E-state index in [4.69, 9.17) is 0 Å². The van der Waals surface area contributed by atoms with Crippen LogP contribution < -0.4 is 0 Å². The molecule has 0 atom stereocenters. The van der Waals surface area contributed by atoms with E-state index < -0.39 is 36.4 Å². The molecule has 0 saturated heterocycles. The highest BCUT2D eigenvalue weighted by Crippen LogP contribution is 2.51. The molecule has 0 aromatic heterocycles. The Kier molecular flexibility index (Phi) is 5.15. The van der Waals surface area contributed by atoms with Crippen LogP contribution in [0, 0.1) is 0 Å². The van der Waals surface area contributed by atoms with Gasteiger partial charge in [0.15, 0.2) is 0 Å². The third-order valence-electron chi connectivity index (χ3n) is 1.71. The lowest BCUT2D eigenvalue weighted by Gasteiger charge is -2.33. The summed E-state index contributed by atoms with van der Waals surface area (Å²) in [7, 11) is 0. The summed E-state index contributed by atoms with van der Waals surface area (Å²) in [4.78, 5) is 10.3. The molecule has 0 unspecified atom stereocenters. The molecule has 0 bridgehead atoms. The van der Waals surface area contributed by atoms with Gasteiger partial charge in [-0.15, -0.1) is 0 Å². The van der Waals surface area contributed by atoms with E-state index in [1.165, 1.54) is 4.74 Å². The molecule has 0 heterocycles. The molecule has 0 aliphatic carbocycles. The first-order valence-corrected chi connectivity index (χ1v) is 4.55. The van der Waals surface area contributed by atoms with Gasteiger partial charge in [0, 0.05) is 6.08 Å². The zero-order valence-electron chi connectivity index (χ0n) is 9.67. The van der Waals surface area contributed by atoms with E-state index in [1.807, 2.05) is 0 Å². The Labute approximate surface area is 113 Å². The van der Waals surface area contributed by atoms with Gasteiger partial charge in [-0.3, -0.25) is 0 Å². The van der Waals surface area contributed by atoms with E-state index in [-0.39, 0.29) is 6.08 Å². The number of halogens is 11. The van der Waals surface area contributed by atoms with Crippen LogP contribution >= 0.6 is 0 Å². The van der Waals surface area contributed by atoms with Crippen molar-refractivity contribution >= 4 is 5.97 Å². The van der Waals surface area contributed by atoms with Gasteiger partial charge in [-0.1, -0.05) is 6.58 Å². The van der Waals surface area contributed by atoms with Crippen molar-refractivity contribution in [3.8, 4) is 0 Å². The van der Waals surface area contributed by atoms with Crippen LogP contribution in [0.15, 0.2) is 12.7 Å². The lowest BCUT2D eigenvalue weighted by Crippen LogP contribution is -2.60. The van der Waals surface area contributed by atoms with Crippen molar-refractivity contribution in [2.75, 3.05) is 0 Å². The first-order valence-electron chi connectivity index (χ1n) is 4.55. The predicted molar refractivity (Wildman–Crippen MR) is 43.2 cm³/mol. The molecular weight excluding hydrogens is 353 g/mol. The highest BCUT2D eigenvalue weighted by molar-refractivity contribution is 5.81. The fourth-order valence-electron chi connectivity index (χ4n) is 0.684. The number of hydrogen-bond donors (Lipinski definition) is 0. The number of hydrogen-bond acceptors (Lipinski definition) is 3. The Balaban J connectivity index is 5.57. The van der Waals surface area contributed by atoms with Gasteiger partial charge < -0.3 is 4.74 Å². The van der Waals surface area contributed by atoms with Crippen molar-refractivity contribution in [1.29, 1.82) is 0 Å². The second-order valence-corrected chi connectivity index (χ2v) is 3.35. The fourth-order valence-corrected chi connectivity index (χ4v) is 0.684. The molecule has 22 heavy (non-hydrogen) atoms. The number of carbonyl (C=O) groups is 1.